The second-order valence-electron chi connectivity index (χ2n) is 3.91. The van der Waals surface area contributed by atoms with Crippen molar-refractivity contribution in [3.8, 4) is 0 Å². The molecule has 1 atom stereocenters. The fourth-order valence-corrected chi connectivity index (χ4v) is 2.24. The van der Waals surface area contributed by atoms with E-state index in [2.05, 4.69) is 26.8 Å². The van der Waals surface area contributed by atoms with Gasteiger partial charge in [0.25, 0.3) is 0 Å². The molecule has 0 radical (unpaired) electrons. The van der Waals surface area contributed by atoms with Crippen molar-refractivity contribution in [1.29, 1.82) is 0 Å². The Labute approximate surface area is 104 Å². The molecule has 6 heteroatoms. The van der Waals surface area contributed by atoms with E-state index in [0.717, 1.165) is 23.7 Å². The molecule has 0 fully saturated rings. The Bertz CT molecular complexity index is 479. The van der Waals surface area contributed by atoms with Gasteiger partial charge in [0.05, 0.1) is 16.3 Å². The quantitative estimate of drug-likeness (QED) is 0.884. The van der Waals surface area contributed by atoms with Crippen molar-refractivity contribution in [2.75, 3.05) is 0 Å². The summed E-state index contributed by atoms with van der Waals surface area (Å²) >= 11 is 1.44. The van der Waals surface area contributed by atoms with Gasteiger partial charge in [-0.05, 0) is 25.4 Å². The van der Waals surface area contributed by atoms with Gasteiger partial charge in [0.15, 0.2) is 5.89 Å². The fourth-order valence-electron chi connectivity index (χ4n) is 1.58. The molecule has 17 heavy (non-hydrogen) atoms. The predicted molar refractivity (Wildman–Crippen MR) is 65.8 cm³/mol. The van der Waals surface area contributed by atoms with Gasteiger partial charge < -0.3 is 9.73 Å². The fraction of sp³-hybridized carbons (Fsp3) is 0.545. The molecule has 0 bridgehead atoms. The Morgan fingerprint density at radius 2 is 2.35 bits per heavy atom. The second-order valence-corrected chi connectivity index (χ2v) is 4.70. The summed E-state index contributed by atoms with van der Waals surface area (Å²) in [6.07, 6.45) is 2.53. The van der Waals surface area contributed by atoms with Crippen LogP contribution in [-0.2, 0) is 13.0 Å². The molecule has 0 aliphatic carbocycles. The van der Waals surface area contributed by atoms with Gasteiger partial charge in [0.1, 0.15) is 6.26 Å². The van der Waals surface area contributed by atoms with E-state index in [1.165, 1.54) is 16.4 Å². The lowest BCUT2D eigenvalue weighted by Gasteiger charge is -2.10. The second kappa shape index (κ2) is 5.37. The lowest BCUT2D eigenvalue weighted by Crippen LogP contribution is -2.18. The maximum absolute atomic E-state index is 5.29. The predicted octanol–water partition coefficient (Wildman–Crippen LogP) is 2.25. The number of nitrogens with one attached hydrogen (secondary N) is 1. The molecule has 0 aromatic carbocycles. The molecule has 0 aliphatic rings. The van der Waals surface area contributed by atoms with E-state index in [1.54, 1.807) is 6.26 Å². The molecule has 1 N–H and O–H groups in total. The smallest absolute Gasteiger partial charge is 0.193 e. The van der Waals surface area contributed by atoms with E-state index < -0.39 is 0 Å². The molecule has 0 aliphatic heterocycles. The van der Waals surface area contributed by atoms with Crippen LogP contribution in [0.4, 0.5) is 0 Å². The summed E-state index contributed by atoms with van der Waals surface area (Å²) in [7, 11) is 0. The Morgan fingerprint density at radius 1 is 1.53 bits per heavy atom. The average molecular weight is 252 g/mol. The highest BCUT2D eigenvalue weighted by atomic mass is 32.1. The number of nitrogens with zero attached hydrogens (tertiary/aromatic N) is 3. The number of aromatic nitrogens is 3. The average Bonchev–Trinajstić information content (AvgIpc) is 2.94. The van der Waals surface area contributed by atoms with Crippen LogP contribution in [0.15, 0.2) is 10.7 Å². The van der Waals surface area contributed by atoms with Crippen LogP contribution in [-0.4, -0.2) is 14.6 Å². The zero-order valence-corrected chi connectivity index (χ0v) is 11.0. The summed E-state index contributed by atoms with van der Waals surface area (Å²) in [5.41, 5.74) is 1.92. The minimum absolute atomic E-state index is 0.233. The van der Waals surface area contributed by atoms with Gasteiger partial charge in [0, 0.05) is 19.0 Å². The zero-order chi connectivity index (χ0) is 12.3. The number of hydrogen-bond acceptors (Lipinski definition) is 6. The maximum atomic E-state index is 5.29. The van der Waals surface area contributed by atoms with E-state index in [1.807, 2.05) is 13.8 Å². The maximum Gasteiger partial charge on any atom is 0.193 e. The molecule has 0 saturated carbocycles. The summed E-state index contributed by atoms with van der Waals surface area (Å²) < 4.78 is 9.22. The Kier molecular flexibility index (Phi) is 3.86. The SMILES string of the molecule is CCc1nc(CNC(C)c2snnc2C)co1. The van der Waals surface area contributed by atoms with Crippen LogP contribution in [0.1, 0.15) is 42.0 Å². The Hall–Kier alpha value is -1.27. The third-order valence-corrected chi connectivity index (χ3v) is 3.58. The molecule has 2 aromatic rings. The largest absolute Gasteiger partial charge is 0.449 e. The van der Waals surface area contributed by atoms with Gasteiger partial charge in [-0.3, -0.25) is 0 Å². The van der Waals surface area contributed by atoms with E-state index in [-0.39, 0.29) is 6.04 Å². The summed E-state index contributed by atoms with van der Waals surface area (Å²) in [4.78, 5) is 5.52. The first-order chi connectivity index (χ1) is 8.20. The third-order valence-electron chi connectivity index (χ3n) is 2.57. The van der Waals surface area contributed by atoms with Crippen molar-refractivity contribution in [3.05, 3.63) is 28.4 Å². The highest BCUT2D eigenvalue weighted by Gasteiger charge is 2.12. The van der Waals surface area contributed by atoms with Crippen LogP contribution < -0.4 is 5.32 Å². The van der Waals surface area contributed by atoms with E-state index in [4.69, 9.17) is 4.42 Å². The van der Waals surface area contributed by atoms with Crippen LogP contribution in [0.5, 0.6) is 0 Å². The summed E-state index contributed by atoms with van der Waals surface area (Å²) in [5.74, 6) is 0.782. The van der Waals surface area contributed by atoms with Gasteiger partial charge in [0.2, 0.25) is 0 Å². The molecule has 0 saturated heterocycles. The first-order valence-corrected chi connectivity index (χ1v) is 6.43. The van der Waals surface area contributed by atoms with Crippen LogP contribution in [0.2, 0.25) is 0 Å². The summed E-state index contributed by atoms with van der Waals surface area (Å²) in [5, 5.41) is 7.39. The molecule has 92 valence electrons. The molecule has 0 amide bonds. The summed E-state index contributed by atoms with van der Waals surface area (Å²) in [6, 6.07) is 0.233. The molecule has 2 aromatic heterocycles. The topological polar surface area (TPSA) is 63.8 Å². The molecule has 2 heterocycles. The lowest BCUT2D eigenvalue weighted by atomic mass is 10.2. The number of hydrogen-bond donors (Lipinski definition) is 1. The van der Waals surface area contributed by atoms with Crippen molar-refractivity contribution < 1.29 is 4.42 Å². The third kappa shape index (κ3) is 2.89. The number of rotatable bonds is 5. The van der Waals surface area contributed by atoms with Crippen molar-refractivity contribution in [2.24, 2.45) is 0 Å². The number of aryl methyl sites for hydroxylation is 2. The minimum atomic E-state index is 0.233. The van der Waals surface area contributed by atoms with Crippen molar-refractivity contribution in [2.45, 2.75) is 39.8 Å². The van der Waals surface area contributed by atoms with Gasteiger partial charge in [-0.15, -0.1) is 5.10 Å². The lowest BCUT2D eigenvalue weighted by molar-refractivity contribution is 0.500. The van der Waals surface area contributed by atoms with Crippen molar-refractivity contribution in [1.82, 2.24) is 19.9 Å². The molecular formula is C11H16N4OS. The highest BCUT2D eigenvalue weighted by Crippen LogP contribution is 2.19. The number of oxazole rings is 1. The van der Waals surface area contributed by atoms with Gasteiger partial charge in [-0.2, -0.15) is 0 Å². The van der Waals surface area contributed by atoms with E-state index >= 15 is 0 Å². The van der Waals surface area contributed by atoms with Gasteiger partial charge in [-0.25, -0.2) is 4.98 Å². The molecular weight excluding hydrogens is 236 g/mol. The standard InChI is InChI=1S/C11H16N4OS/c1-4-10-13-9(6-16-10)5-12-7(2)11-8(3)14-15-17-11/h6-7,12H,4-5H2,1-3H3. The van der Waals surface area contributed by atoms with E-state index in [0.29, 0.717) is 6.54 Å². The van der Waals surface area contributed by atoms with Crippen LogP contribution in [0, 0.1) is 6.92 Å². The molecule has 1 unspecified atom stereocenters. The van der Waals surface area contributed by atoms with Crippen LogP contribution >= 0.6 is 11.5 Å². The van der Waals surface area contributed by atoms with Crippen LogP contribution in [0.3, 0.4) is 0 Å². The first kappa shape index (κ1) is 12.2. The van der Waals surface area contributed by atoms with Crippen LogP contribution in [0.25, 0.3) is 0 Å². The van der Waals surface area contributed by atoms with Crippen molar-refractivity contribution in [3.63, 3.8) is 0 Å². The molecule has 2 rings (SSSR count). The Morgan fingerprint density at radius 3 is 2.94 bits per heavy atom. The molecule has 5 nitrogen and oxygen atoms in total. The van der Waals surface area contributed by atoms with Gasteiger partial charge in [-0.1, -0.05) is 11.4 Å². The first-order valence-electron chi connectivity index (χ1n) is 5.66. The van der Waals surface area contributed by atoms with E-state index in [9.17, 15) is 0 Å². The molecule has 0 spiro atoms. The Balaban J connectivity index is 1.92. The highest BCUT2D eigenvalue weighted by molar-refractivity contribution is 7.05. The normalized spacial score (nSPS) is 12.9. The summed E-state index contributed by atoms with van der Waals surface area (Å²) in [6.45, 7) is 6.80. The monoisotopic (exact) mass is 252 g/mol. The van der Waals surface area contributed by atoms with Crippen molar-refractivity contribution >= 4 is 11.5 Å². The zero-order valence-electron chi connectivity index (χ0n) is 10.2. The minimum Gasteiger partial charge on any atom is -0.449 e. The van der Waals surface area contributed by atoms with Gasteiger partial charge >= 0.3 is 0 Å².